The number of nitrogens with zero attached hydrogens (tertiary/aromatic N) is 1. The van der Waals surface area contributed by atoms with E-state index in [2.05, 4.69) is 30.4 Å². The van der Waals surface area contributed by atoms with E-state index < -0.39 is 5.82 Å². The fourth-order valence-electron chi connectivity index (χ4n) is 1.74. The van der Waals surface area contributed by atoms with Gasteiger partial charge in [0.05, 0.1) is 4.21 Å². The highest BCUT2D eigenvalue weighted by Crippen LogP contribution is 2.27. The molecular formula is C17H19FN2OS2. The number of hydrogen-bond donors (Lipinski definition) is 1. The van der Waals surface area contributed by atoms with Crippen LogP contribution < -0.4 is 5.32 Å². The first-order chi connectivity index (χ1) is 11.0. The number of carbonyl (C=O) groups excluding carboxylic acids is 1. The second kappa shape index (κ2) is 8.86. The van der Waals surface area contributed by atoms with Crippen LogP contribution in [0.5, 0.6) is 0 Å². The van der Waals surface area contributed by atoms with Gasteiger partial charge in [0.1, 0.15) is 5.82 Å². The Kier molecular flexibility index (Phi) is 6.83. The maximum atomic E-state index is 13.1. The second-order valence-corrected chi connectivity index (χ2v) is 7.64. The minimum atomic E-state index is -0.417. The molecule has 1 amide bonds. The van der Waals surface area contributed by atoms with Crippen LogP contribution in [0.15, 0.2) is 46.8 Å². The number of rotatable bonds is 7. The fourth-order valence-corrected chi connectivity index (χ4v) is 3.98. The van der Waals surface area contributed by atoms with Crippen LogP contribution in [-0.2, 0) is 0 Å². The Morgan fingerprint density at radius 3 is 2.91 bits per heavy atom. The summed E-state index contributed by atoms with van der Waals surface area (Å²) in [4.78, 5) is 15.1. The van der Waals surface area contributed by atoms with Crippen molar-refractivity contribution in [3.05, 3.63) is 58.9 Å². The summed E-state index contributed by atoms with van der Waals surface area (Å²) in [5.74, 6) is 0.310. The van der Waals surface area contributed by atoms with Gasteiger partial charge in [-0.15, -0.1) is 23.1 Å². The van der Waals surface area contributed by atoms with Crippen LogP contribution in [0, 0.1) is 5.82 Å². The van der Waals surface area contributed by atoms with Crippen molar-refractivity contribution in [2.24, 2.45) is 0 Å². The van der Waals surface area contributed by atoms with Crippen LogP contribution in [0.3, 0.4) is 0 Å². The molecule has 0 atom stereocenters. The van der Waals surface area contributed by atoms with E-state index in [0.29, 0.717) is 5.56 Å². The third kappa shape index (κ3) is 6.17. The highest BCUT2D eigenvalue weighted by Gasteiger charge is 2.04. The standard InChI is InChI=1S/C17H19FN2OS2/c1-20(2)10-11-22-16-7-6-15(23-16)8-9-19-17(21)13-4-3-5-14(18)12-13/h3-9,12H,10-11H2,1-2H3,(H,19,21)/b9-8+. The molecule has 1 N–H and O–H groups in total. The van der Waals surface area contributed by atoms with E-state index in [1.165, 1.54) is 22.4 Å². The van der Waals surface area contributed by atoms with E-state index >= 15 is 0 Å². The Bertz CT molecular complexity index is 683. The smallest absolute Gasteiger partial charge is 0.255 e. The molecule has 1 heterocycles. The Morgan fingerprint density at radius 2 is 2.17 bits per heavy atom. The Hall–Kier alpha value is -1.63. The molecular weight excluding hydrogens is 331 g/mol. The van der Waals surface area contributed by atoms with Gasteiger partial charge in [-0.3, -0.25) is 4.79 Å². The second-order valence-electron chi connectivity index (χ2n) is 5.13. The van der Waals surface area contributed by atoms with Crippen LogP contribution in [0.4, 0.5) is 4.39 Å². The minimum Gasteiger partial charge on any atom is -0.329 e. The van der Waals surface area contributed by atoms with Crippen LogP contribution in [0.2, 0.25) is 0 Å². The molecule has 1 aromatic heterocycles. The predicted molar refractivity (Wildman–Crippen MR) is 96.5 cm³/mol. The molecule has 6 heteroatoms. The number of thiophene rings is 1. The van der Waals surface area contributed by atoms with Crippen LogP contribution in [0.1, 0.15) is 15.2 Å². The van der Waals surface area contributed by atoms with Crippen molar-refractivity contribution in [1.29, 1.82) is 0 Å². The highest BCUT2D eigenvalue weighted by atomic mass is 32.2. The zero-order chi connectivity index (χ0) is 16.7. The summed E-state index contributed by atoms with van der Waals surface area (Å²) in [6, 6.07) is 9.73. The lowest BCUT2D eigenvalue weighted by atomic mass is 10.2. The molecule has 0 bridgehead atoms. The molecule has 2 aromatic rings. The molecule has 0 spiro atoms. The van der Waals surface area contributed by atoms with Gasteiger partial charge < -0.3 is 10.2 Å². The Labute approximate surface area is 144 Å². The number of carbonyl (C=O) groups is 1. The third-order valence-electron chi connectivity index (χ3n) is 2.93. The normalized spacial score (nSPS) is 11.3. The fraction of sp³-hybridized carbons (Fsp3) is 0.235. The number of halogens is 1. The van der Waals surface area contributed by atoms with Gasteiger partial charge in [0.2, 0.25) is 0 Å². The van der Waals surface area contributed by atoms with Crippen molar-refractivity contribution in [3.63, 3.8) is 0 Å². The first-order valence-corrected chi connectivity index (χ1v) is 8.95. The monoisotopic (exact) mass is 350 g/mol. The molecule has 0 unspecified atom stereocenters. The van der Waals surface area contributed by atoms with E-state index in [1.54, 1.807) is 23.6 Å². The van der Waals surface area contributed by atoms with Gasteiger partial charge in [0, 0.05) is 28.9 Å². The number of benzene rings is 1. The molecule has 0 saturated heterocycles. The van der Waals surface area contributed by atoms with E-state index in [-0.39, 0.29) is 5.91 Å². The first-order valence-electron chi connectivity index (χ1n) is 7.15. The largest absolute Gasteiger partial charge is 0.329 e. The summed E-state index contributed by atoms with van der Waals surface area (Å²) < 4.78 is 14.3. The third-order valence-corrected chi connectivity index (χ3v) is 5.19. The highest BCUT2D eigenvalue weighted by molar-refractivity contribution is 8.01. The molecule has 0 radical (unpaired) electrons. The average molecular weight is 350 g/mol. The minimum absolute atomic E-state index is 0.306. The van der Waals surface area contributed by atoms with Gasteiger partial charge in [-0.2, -0.15) is 0 Å². The zero-order valence-corrected chi connectivity index (χ0v) is 14.7. The summed E-state index contributed by atoms with van der Waals surface area (Å²) in [5.41, 5.74) is 0.306. The maximum Gasteiger partial charge on any atom is 0.255 e. The molecule has 122 valence electrons. The van der Waals surface area contributed by atoms with Crippen molar-refractivity contribution in [2.75, 3.05) is 26.4 Å². The van der Waals surface area contributed by atoms with Crippen molar-refractivity contribution in [1.82, 2.24) is 10.2 Å². The van der Waals surface area contributed by atoms with Gasteiger partial charge in [-0.05, 0) is 50.5 Å². The number of hydrogen-bond acceptors (Lipinski definition) is 4. The maximum absolute atomic E-state index is 13.1. The molecule has 0 saturated carbocycles. The number of nitrogens with one attached hydrogen (secondary N) is 1. The SMILES string of the molecule is CN(C)CCSc1ccc(/C=C/NC(=O)c2cccc(F)c2)s1. The molecule has 3 nitrogen and oxygen atoms in total. The molecule has 2 rings (SSSR count). The van der Waals surface area contributed by atoms with Crippen LogP contribution in [0.25, 0.3) is 6.08 Å². The quantitative estimate of drug-likeness (QED) is 0.768. The van der Waals surface area contributed by atoms with Gasteiger partial charge in [-0.1, -0.05) is 6.07 Å². The Morgan fingerprint density at radius 1 is 1.35 bits per heavy atom. The van der Waals surface area contributed by atoms with Crippen LogP contribution >= 0.6 is 23.1 Å². The van der Waals surface area contributed by atoms with Crippen molar-refractivity contribution in [2.45, 2.75) is 4.21 Å². The summed E-state index contributed by atoms with van der Waals surface area (Å²) in [6.07, 6.45) is 3.44. The summed E-state index contributed by atoms with van der Waals surface area (Å²) in [5, 5.41) is 2.65. The molecule has 1 aromatic carbocycles. The Balaban J connectivity index is 1.84. The van der Waals surface area contributed by atoms with Crippen molar-refractivity contribution in [3.8, 4) is 0 Å². The van der Waals surface area contributed by atoms with Crippen molar-refractivity contribution < 1.29 is 9.18 Å². The van der Waals surface area contributed by atoms with Crippen molar-refractivity contribution >= 4 is 35.1 Å². The lowest BCUT2D eigenvalue weighted by Crippen LogP contribution is -2.16. The van der Waals surface area contributed by atoms with Gasteiger partial charge in [0.15, 0.2) is 0 Å². The first kappa shape index (κ1) is 17.7. The van der Waals surface area contributed by atoms with E-state index in [0.717, 1.165) is 17.2 Å². The molecule has 0 fully saturated rings. The summed E-state index contributed by atoms with van der Waals surface area (Å²) >= 11 is 3.50. The van der Waals surface area contributed by atoms with Gasteiger partial charge in [-0.25, -0.2) is 4.39 Å². The number of amides is 1. The molecule has 0 aliphatic rings. The number of thioether (sulfide) groups is 1. The molecule has 23 heavy (non-hydrogen) atoms. The summed E-state index contributed by atoms with van der Waals surface area (Å²) in [6.45, 7) is 1.04. The van der Waals surface area contributed by atoms with Gasteiger partial charge >= 0.3 is 0 Å². The van der Waals surface area contributed by atoms with Crippen LogP contribution in [-0.4, -0.2) is 37.2 Å². The topological polar surface area (TPSA) is 32.3 Å². The van der Waals surface area contributed by atoms with E-state index in [4.69, 9.17) is 0 Å². The predicted octanol–water partition coefficient (Wildman–Crippen LogP) is 3.94. The van der Waals surface area contributed by atoms with Gasteiger partial charge in [0.25, 0.3) is 5.91 Å². The van der Waals surface area contributed by atoms with E-state index in [1.807, 2.05) is 23.9 Å². The average Bonchev–Trinajstić information content (AvgIpc) is 2.94. The lowest BCUT2D eigenvalue weighted by Gasteiger charge is -2.07. The van der Waals surface area contributed by atoms with E-state index in [9.17, 15) is 9.18 Å². The lowest BCUT2D eigenvalue weighted by molar-refractivity contribution is 0.0970. The molecule has 0 aliphatic carbocycles. The summed E-state index contributed by atoms with van der Waals surface area (Å²) in [7, 11) is 4.12. The zero-order valence-electron chi connectivity index (χ0n) is 13.1. The molecule has 0 aliphatic heterocycles.